The van der Waals surface area contributed by atoms with Gasteiger partial charge in [0.15, 0.2) is 23.1 Å². The first-order valence-electron chi connectivity index (χ1n) is 12.0. The van der Waals surface area contributed by atoms with E-state index in [-0.39, 0.29) is 36.6 Å². The summed E-state index contributed by atoms with van der Waals surface area (Å²) < 4.78 is 38.6. The number of hydrogen-bond donors (Lipinski definition) is 3. The Labute approximate surface area is 217 Å². The highest BCUT2D eigenvalue weighted by Crippen LogP contribution is 2.22. The van der Waals surface area contributed by atoms with Crippen molar-refractivity contribution in [3.8, 4) is 17.6 Å². The van der Waals surface area contributed by atoms with Crippen molar-refractivity contribution < 1.29 is 33.3 Å². The second-order valence-corrected chi connectivity index (χ2v) is 8.96. The van der Waals surface area contributed by atoms with Gasteiger partial charge >= 0.3 is 6.09 Å². The van der Waals surface area contributed by atoms with Gasteiger partial charge in [0.1, 0.15) is 24.1 Å². The van der Waals surface area contributed by atoms with Crippen LogP contribution in [0.1, 0.15) is 32.0 Å². The summed E-state index contributed by atoms with van der Waals surface area (Å²) in [5.41, 5.74) is 6.83. The molecular formula is C25H28F2N6O5. The highest BCUT2D eigenvalue weighted by Gasteiger charge is 2.24. The number of amides is 1. The third kappa shape index (κ3) is 6.52. The topological polar surface area (TPSA) is 149 Å². The summed E-state index contributed by atoms with van der Waals surface area (Å²) in [6, 6.07) is 2.94. The summed E-state index contributed by atoms with van der Waals surface area (Å²) in [6.45, 7) is 2.07. The Kier molecular flexibility index (Phi) is 8.67. The monoisotopic (exact) mass is 530 g/mol. The number of fused-ring (bicyclic) bond motifs is 1. The molecule has 0 aliphatic carbocycles. The molecule has 1 aromatic carbocycles. The maximum Gasteiger partial charge on any atom is 0.415 e. The van der Waals surface area contributed by atoms with Crippen LogP contribution in [0.5, 0.6) is 5.75 Å². The fourth-order valence-electron chi connectivity index (χ4n) is 3.94. The summed E-state index contributed by atoms with van der Waals surface area (Å²) in [5, 5.41) is 19.0. The highest BCUT2D eigenvalue weighted by molar-refractivity contribution is 5.81. The highest BCUT2D eigenvalue weighted by atomic mass is 19.2. The van der Waals surface area contributed by atoms with E-state index in [1.165, 1.54) is 24.2 Å². The third-order valence-electron chi connectivity index (χ3n) is 6.20. The zero-order valence-electron chi connectivity index (χ0n) is 20.7. The number of imidazole rings is 1. The van der Waals surface area contributed by atoms with Gasteiger partial charge in [0, 0.05) is 25.6 Å². The molecule has 1 aliphatic rings. The molecule has 3 aromatic rings. The van der Waals surface area contributed by atoms with Gasteiger partial charge in [-0.25, -0.2) is 28.5 Å². The molecule has 38 heavy (non-hydrogen) atoms. The van der Waals surface area contributed by atoms with Crippen molar-refractivity contribution in [2.75, 3.05) is 25.4 Å². The number of nitrogen functional groups attached to an aromatic ring is 1. The quantitative estimate of drug-likeness (QED) is 0.390. The summed E-state index contributed by atoms with van der Waals surface area (Å²) >= 11 is 0. The van der Waals surface area contributed by atoms with E-state index in [2.05, 4.69) is 26.8 Å². The Hall–Kier alpha value is -3.86. The van der Waals surface area contributed by atoms with E-state index < -0.39 is 29.9 Å². The van der Waals surface area contributed by atoms with Crippen LogP contribution in [0.3, 0.4) is 0 Å². The Morgan fingerprint density at radius 1 is 1.26 bits per heavy atom. The fourth-order valence-corrected chi connectivity index (χ4v) is 3.94. The lowest BCUT2D eigenvalue weighted by atomic mass is 9.94. The van der Waals surface area contributed by atoms with Crippen molar-refractivity contribution in [2.45, 2.75) is 45.1 Å². The van der Waals surface area contributed by atoms with Crippen LogP contribution in [0.15, 0.2) is 24.5 Å². The molecule has 2 aromatic heterocycles. The van der Waals surface area contributed by atoms with Crippen LogP contribution in [0, 0.1) is 29.4 Å². The van der Waals surface area contributed by atoms with Gasteiger partial charge in [0.25, 0.3) is 0 Å². The molecule has 0 saturated carbocycles. The number of nitrogens with two attached hydrogens (primary N) is 1. The van der Waals surface area contributed by atoms with E-state index >= 15 is 0 Å². The van der Waals surface area contributed by atoms with E-state index in [0.717, 1.165) is 12.1 Å². The molecule has 3 heterocycles. The first kappa shape index (κ1) is 27.2. The van der Waals surface area contributed by atoms with Gasteiger partial charge in [0.05, 0.1) is 19.0 Å². The van der Waals surface area contributed by atoms with Gasteiger partial charge in [-0.3, -0.25) is 4.57 Å². The molecule has 0 unspecified atom stereocenters. The van der Waals surface area contributed by atoms with Gasteiger partial charge in [-0.2, -0.15) is 0 Å². The number of ether oxygens (including phenoxy) is 2. The maximum absolute atomic E-state index is 13.3. The lowest BCUT2D eigenvalue weighted by molar-refractivity contribution is -0.0804. The number of carbonyl (C=O) groups excluding carboxylic acids is 1. The fraction of sp³-hybridized carbons (Fsp3) is 0.440. The molecule has 0 spiro atoms. The Balaban J connectivity index is 1.32. The van der Waals surface area contributed by atoms with Crippen LogP contribution < -0.4 is 10.5 Å². The van der Waals surface area contributed by atoms with Gasteiger partial charge in [-0.15, -0.1) is 0 Å². The smallest absolute Gasteiger partial charge is 0.410 e. The predicted molar refractivity (Wildman–Crippen MR) is 132 cm³/mol. The molecule has 1 saturated heterocycles. The molecule has 0 radical (unpaired) electrons. The number of anilines is 1. The summed E-state index contributed by atoms with van der Waals surface area (Å²) in [5.74, 6) is 4.49. The van der Waals surface area contributed by atoms with Crippen LogP contribution in [0.4, 0.5) is 19.4 Å². The average molecular weight is 531 g/mol. The van der Waals surface area contributed by atoms with E-state index in [1.807, 2.05) is 0 Å². The molecule has 1 amide bonds. The summed E-state index contributed by atoms with van der Waals surface area (Å²) in [7, 11) is 0. The van der Waals surface area contributed by atoms with Crippen molar-refractivity contribution in [3.05, 3.63) is 42.0 Å². The SMILES string of the molecule is C[C@@H](O)[C@@H](CO)OCn1cnc2c(N)nc(C#CCC3CCN(C(=O)Oc4ccc(F)c(F)c4)CC3)nc21. The number of aliphatic hydroxyl groups excluding tert-OH is 2. The van der Waals surface area contributed by atoms with Crippen molar-refractivity contribution in [3.63, 3.8) is 0 Å². The van der Waals surface area contributed by atoms with Crippen LogP contribution in [0.2, 0.25) is 0 Å². The lowest BCUT2D eigenvalue weighted by Gasteiger charge is -2.30. The number of aromatic nitrogens is 4. The molecule has 11 nitrogen and oxygen atoms in total. The normalized spacial score (nSPS) is 15.7. The van der Waals surface area contributed by atoms with Gasteiger partial charge in [0.2, 0.25) is 5.82 Å². The van der Waals surface area contributed by atoms with Crippen LogP contribution in [-0.2, 0) is 11.5 Å². The summed E-state index contributed by atoms with van der Waals surface area (Å²) in [6.07, 6.45) is 1.21. The maximum atomic E-state index is 13.3. The number of nitrogens with zero attached hydrogens (tertiary/aromatic N) is 5. The number of rotatable bonds is 7. The van der Waals surface area contributed by atoms with Gasteiger partial charge in [-0.05, 0) is 43.7 Å². The van der Waals surface area contributed by atoms with Crippen LogP contribution in [0.25, 0.3) is 11.2 Å². The first-order chi connectivity index (χ1) is 18.2. The van der Waals surface area contributed by atoms with Gasteiger partial charge in [-0.1, -0.05) is 5.92 Å². The zero-order chi connectivity index (χ0) is 27.2. The van der Waals surface area contributed by atoms with Crippen LogP contribution >= 0.6 is 0 Å². The predicted octanol–water partition coefficient (Wildman–Crippen LogP) is 2.06. The largest absolute Gasteiger partial charge is 0.415 e. The second-order valence-electron chi connectivity index (χ2n) is 8.96. The number of piperidine rings is 1. The molecule has 0 bridgehead atoms. The minimum absolute atomic E-state index is 0.00689. The lowest BCUT2D eigenvalue weighted by Crippen LogP contribution is -2.40. The average Bonchev–Trinajstić information content (AvgIpc) is 3.30. The number of likely N-dealkylation sites (tertiary alicyclic amines) is 1. The molecule has 202 valence electrons. The Morgan fingerprint density at radius 3 is 2.71 bits per heavy atom. The molecule has 1 fully saturated rings. The standard InChI is InChI=1S/C25H28F2N6O5/c1-15(35)20(12-34)37-14-33-13-29-22-23(28)30-21(31-24(22)33)4-2-3-16-7-9-32(10-8-16)25(36)38-17-5-6-18(26)19(27)11-17/h5-6,11,13,15-16,20,34-35H,3,7-10,12,14H2,1H3,(H2,28,30,31)/t15-,20-/m1/s1. The second kappa shape index (κ2) is 12.1. The van der Waals surface area contributed by atoms with Crippen LogP contribution in [-0.4, -0.2) is 72.6 Å². The van der Waals surface area contributed by atoms with E-state index in [0.29, 0.717) is 43.5 Å². The van der Waals surface area contributed by atoms with E-state index in [1.54, 1.807) is 4.57 Å². The van der Waals surface area contributed by atoms with Crippen molar-refractivity contribution in [2.24, 2.45) is 5.92 Å². The Bertz CT molecular complexity index is 1350. The molecule has 1 aliphatic heterocycles. The molecule has 2 atom stereocenters. The first-order valence-corrected chi connectivity index (χ1v) is 12.0. The number of hydrogen-bond acceptors (Lipinski definition) is 9. The number of halogens is 2. The number of aliphatic hydroxyl groups is 2. The summed E-state index contributed by atoms with van der Waals surface area (Å²) in [4.78, 5) is 26.7. The Morgan fingerprint density at radius 2 is 2.03 bits per heavy atom. The third-order valence-corrected chi connectivity index (χ3v) is 6.20. The number of benzene rings is 1. The minimum atomic E-state index is -1.08. The van der Waals surface area contributed by atoms with Crippen molar-refractivity contribution in [1.29, 1.82) is 0 Å². The molecule has 4 rings (SSSR count). The molecule has 4 N–H and O–H groups in total. The van der Waals surface area contributed by atoms with E-state index in [4.69, 9.17) is 15.2 Å². The zero-order valence-corrected chi connectivity index (χ0v) is 20.7. The minimum Gasteiger partial charge on any atom is -0.410 e. The van der Waals surface area contributed by atoms with Gasteiger partial charge < -0.3 is 30.3 Å². The van der Waals surface area contributed by atoms with Crippen molar-refractivity contribution >= 4 is 23.1 Å². The number of carbonyl (C=O) groups is 1. The molecule has 13 heteroatoms. The van der Waals surface area contributed by atoms with E-state index in [9.17, 15) is 23.8 Å². The van der Waals surface area contributed by atoms with Crippen molar-refractivity contribution in [1.82, 2.24) is 24.4 Å². The molecular weight excluding hydrogens is 502 g/mol.